The van der Waals surface area contributed by atoms with E-state index in [-0.39, 0.29) is 5.01 Å². The summed E-state index contributed by atoms with van der Waals surface area (Å²) in [5.41, 5.74) is 4.77. The number of carbonyl (C=O) groups is 1. The number of hydrogen-bond acceptors (Lipinski definition) is 5. The summed E-state index contributed by atoms with van der Waals surface area (Å²) < 4.78 is 4.75. The lowest BCUT2D eigenvalue weighted by Gasteiger charge is -1.96. The number of alkyl halides is 1. The molecule has 0 aliphatic rings. The van der Waals surface area contributed by atoms with Crippen LogP contribution >= 0.6 is 22.9 Å². The van der Waals surface area contributed by atoms with Crippen molar-refractivity contribution in [3.05, 3.63) is 16.1 Å². The summed E-state index contributed by atoms with van der Waals surface area (Å²) in [6, 6.07) is 0. The van der Waals surface area contributed by atoms with Crippen LogP contribution in [0.15, 0.2) is 6.20 Å². The molecule has 0 fully saturated rings. The Labute approximate surface area is 84.7 Å². The maximum atomic E-state index is 11.1. The van der Waals surface area contributed by atoms with Crippen LogP contribution in [-0.4, -0.2) is 17.6 Å². The van der Waals surface area contributed by atoms with Crippen molar-refractivity contribution in [3.8, 4) is 0 Å². The lowest BCUT2D eigenvalue weighted by atomic mass is 10.5. The third-order valence-corrected chi connectivity index (χ3v) is 2.67. The molecule has 1 heterocycles. The summed E-state index contributed by atoms with van der Waals surface area (Å²) in [6.07, 6.45) is 1.48. The van der Waals surface area contributed by atoms with Crippen molar-refractivity contribution in [2.45, 2.75) is 12.4 Å². The Morgan fingerprint density at radius 2 is 2.62 bits per heavy atom. The molecule has 0 aliphatic carbocycles. The van der Waals surface area contributed by atoms with Crippen molar-refractivity contribution in [3.63, 3.8) is 0 Å². The van der Waals surface area contributed by atoms with Gasteiger partial charge in [0.25, 0.3) is 0 Å². The van der Waals surface area contributed by atoms with Crippen LogP contribution in [0.4, 0.5) is 0 Å². The highest BCUT2D eigenvalue weighted by Crippen LogP contribution is 2.21. The molecular formula is C7H9ClN2O2S. The highest BCUT2D eigenvalue weighted by Gasteiger charge is 2.14. The first-order chi connectivity index (χ1) is 6.15. The van der Waals surface area contributed by atoms with E-state index in [0.29, 0.717) is 11.5 Å². The number of nitrogens with two attached hydrogens (primary N) is 1. The van der Waals surface area contributed by atoms with Crippen LogP contribution in [0.3, 0.4) is 0 Å². The van der Waals surface area contributed by atoms with Gasteiger partial charge in [-0.3, -0.25) is 0 Å². The van der Waals surface area contributed by atoms with Gasteiger partial charge in [0.05, 0.1) is 11.5 Å². The van der Waals surface area contributed by atoms with Crippen LogP contribution in [0.25, 0.3) is 0 Å². The van der Waals surface area contributed by atoms with Gasteiger partial charge in [-0.15, -0.1) is 11.3 Å². The van der Waals surface area contributed by atoms with Gasteiger partial charge in [-0.25, -0.2) is 9.78 Å². The van der Waals surface area contributed by atoms with Crippen LogP contribution in [-0.2, 0) is 4.74 Å². The Morgan fingerprint density at radius 1 is 1.92 bits per heavy atom. The van der Waals surface area contributed by atoms with Gasteiger partial charge in [0, 0.05) is 6.20 Å². The van der Waals surface area contributed by atoms with Crippen LogP contribution in [0, 0.1) is 0 Å². The lowest BCUT2D eigenvalue weighted by molar-refractivity contribution is 0.0526. The summed E-state index contributed by atoms with van der Waals surface area (Å²) in [4.78, 5) is 15.6. The molecule has 4 nitrogen and oxygen atoms in total. The molecule has 0 amide bonds. The minimum absolute atomic E-state index is 0.285. The fourth-order valence-electron chi connectivity index (χ4n) is 0.701. The number of rotatable bonds is 3. The fourth-order valence-corrected chi connectivity index (χ4v) is 1.58. The van der Waals surface area contributed by atoms with Crippen LogP contribution < -0.4 is 5.73 Å². The average molecular weight is 221 g/mol. The van der Waals surface area contributed by atoms with E-state index in [4.69, 9.17) is 22.1 Å². The predicted molar refractivity (Wildman–Crippen MR) is 50.9 cm³/mol. The molecule has 6 heteroatoms. The molecule has 0 aromatic carbocycles. The van der Waals surface area contributed by atoms with Gasteiger partial charge in [-0.2, -0.15) is 0 Å². The van der Waals surface area contributed by atoms with Crippen molar-refractivity contribution in [2.75, 3.05) is 6.61 Å². The van der Waals surface area contributed by atoms with Crippen molar-refractivity contribution < 1.29 is 9.53 Å². The normalized spacial score (nSPS) is 12.5. The van der Waals surface area contributed by atoms with E-state index in [9.17, 15) is 4.79 Å². The highest BCUT2D eigenvalue weighted by molar-refractivity contribution is 7.13. The molecule has 1 atom stereocenters. The third kappa shape index (κ3) is 2.65. The number of ether oxygens (including phenoxy) is 1. The largest absolute Gasteiger partial charge is 0.461 e. The average Bonchev–Trinajstić information content (AvgIpc) is 2.52. The van der Waals surface area contributed by atoms with E-state index in [0.717, 1.165) is 11.3 Å². The number of aromatic nitrogens is 1. The van der Waals surface area contributed by atoms with E-state index in [1.165, 1.54) is 6.20 Å². The Hall–Kier alpha value is -0.650. The number of hydrogen-bond donors (Lipinski definition) is 1. The van der Waals surface area contributed by atoms with Gasteiger partial charge in [0.2, 0.25) is 5.01 Å². The zero-order valence-electron chi connectivity index (χ0n) is 6.99. The Bertz CT molecular complexity index is 300. The lowest BCUT2D eigenvalue weighted by Crippen LogP contribution is -2.03. The molecule has 1 aromatic rings. The second-order valence-electron chi connectivity index (χ2n) is 2.19. The van der Waals surface area contributed by atoms with Crippen molar-refractivity contribution in [1.82, 2.24) is 4.98 Å². The van der Waals surface area contributed by atoms with E-state index in [2.05, 4.69) is 4.98 Å². The summed E-state index contributed by atoms with van der Waals surface area (Å²) in [5.74, 6) is -0.434. The van der Waals surface area contributed by atoms with Gasteiger partial charge in [0.15, 0.2) is 0 Å². The van der Waals surface area contributed by atoms with Crippen LogP contribution in [0.5, 0.6) is 0 Å². The van der Waals surface area contributed by atoms with E-state index < -0.39 is 11.5 Å². The summed E-state index contributed by atoms with van der Waals surface area (Å²) in [6.45, 7) is 2.07. The maximum Gasteiger partial charge on any atom is 0.367 e. The van der Waals surface area contributed by atoms with E-state index in [1.807, 2.05) is 0 Å². The SMILES string of the molecule is CCOC(=O)c1ncc(C(N)Cl)s1. The minimum atomic E-state index is -0.610. The summed E-state index contributed by atoms with van der Waals surface area (Å²) in [5, 5.41) is 0.285. The number of esters is 1. The molecule has 0 saturated carbocycles. The van der Waals surface area contributed by atoms with Gasteiger partial charge in [-0.1, -0.05) is 11.6 Å². The first-order valence-corrected chi connectivity index (χ1v) is 4.93. The molecule has 0 aliphatic heterocycles. The Balaban J connectivity index is 2.73. The summed E-state index contributed by atoms with van der Waals surface area (Å²) in [7, 11) is 0. The maximum absolute atomic E-state index is 11.1. The molecule has 0 spiro atoms. The molecule has 0 radical (unpaired) electrons. The number of nitrogens with zero attached hydrogens (tertiary/aromatic N) is 1. The highest BCUT2D eigenvalue weighted by atomic mass is 35.5. The smallest absolute Gasteiger partial charge is 0.367 e. The molecule has 13 heavy (non-hydrogen) atoms. The van der Waals surface area contributed by atoms with Crippen molar-refractivity contribution in [2.24, 2.45) is 5.73 Å². The van der Waals surface area contributed by atoms with Crippen molar-refractivity contribution in [1.29, 1.82) is 0 Å². The topological polar surface area (TPSA) is 65.2 Å². The zero-order chi connectivity index (χ0) is 9.84. The molecule has 1 aromatic heterocycles. The van der Waals surface area contributed by atoms with Gasteiger partial charge in [-0.05, 0) is 6.92 Å². The number of halogens is 1. The third-order valence-electron chi connectivity index (χ3n) is 1.25. The van der Waals surface area contributed by atoms with Gasteiger partial charge >= 0.3 is 5.97 Å². The van der Waals surface area contributed by atoms with Crippen molar-refractivity contribution >= 4 is 28.9 Å². The van der Waals surface area contributed by atoms with E-state index in [1.54, 1.807) is 6.92 Å². The minimum Gasteiger partial charge on any atom is -0.461 e. The molecule has 1 unspecified atom stereocenters. The quantitative estimate of drug-likeness (QED) is 0.477. The number of carbonyl (C=O) groups excluding carboxylic acids is 1. The molecule has 0 bridgehead atoms. The van der Waals surface area contributed by atoms with Crippen LogP contribution in [0.1, 0.15) is 27.1 Å². The first-order valence-electron chi connectivity index (χ1n) is 3.67. The number of thiazole rings is 1. The monoisotopic (exact) mass is 220 g/mol. The molecule has 1 rings (SSSR count). The predicted octanol–water partition coefficient (Wildman–Crippen LogP) is 1.52. The van der Waals surface area contributed by atoms with E-state index >= 15 is 0 Å². The first kappa shape index (κ1) is 10.4. The standard InChI is InChI=1S/C7H9ClN2O2S/c1-2-12-7(11)6-10-3-4(13-6)5(8)9/h3,5H,2,9H2,1H3. The summed E-state index contributed by atoms with van der Waals surface area (Å²) >= 11 is 6.74. The second kappa shape index (κ2) is 4.55. The zero-order valence-corrected chi connectivity index (χ0v) is 8.56. The van der Waals surface area contributed by atoms with Crippen LogP contribution in [0.2, 0.25) is 0 Å². The molecular weight excluding hydrogens is 212 g/mol. The Kier molecular flexibility index (Phi) is 3.65. The molecule has 72 valence electrons. The second-order valence-corrected chi connectivity index (χ2v) is 3.72. The molecule has 0 saturated heterocycles. The fraction of sp³-hybridized carbons (Fsp3) is 0.429. The molecule has 2 N–H and O–H groups in total. The van der Waals surface area contributed by atoms with Gasteiger partial charge in [0.1, 0.15) is 5.50 Å². The Morgan fingerprint density at radius 3 is 3.08 bits per heavy atom. The van der Waals surface area contributed by atoms with Gasteiger partial charge < -0.3 is 10.5 Å².